The van der Waals surface area contributed by atoms with E-state index in [0.29, 0.717) is 17.9 Å². The Hall–Kier alpha value is -3.27. The Balaban J connectivity index is 1.29. The monoisotopic (exact) mass is 494 g/mol. The van der Waals surface area contributed by atoms with Gasteiger partial charge in [-0.1, -0.05) is 42.0 Å². The van der Waals surface area contributed by atoms with Crippen LogP contribution < -0.4 is 4.90 Å². The van der Waals surface area contributed by atoms with Gasteiger partial charge in [0.25, 0.3) is 0 Å². The summed E-state index contributed by atoms with van der Waals surface area (Å²) in [6.45, 7) is 4.66. The number of phenols is 2. The summed E-state index contributed by atoms with van der Waals surface area (Å²) in [4.78, 5) is 6.90. The predicted molar refractivity (Wildman–Crippen MR) is 151 cm³/mol. The fourth-order valence-corrected chi connectivity index (χ4v) is 7.98. The third-order valence-corrected chi connectivity index (χ3v) is 9.25. The van der Waals surface area contributed by atoms with Gasteiger partial charge in [-0.05, 0) is 99.3 Å². The maximum absolute atomic E-state index is 11.7. The van der Waals surface area contributed by atoms with Gasteiger partial charge in [0, 0.05) is 36.5 Å². The van der Waals surface area contributed by atoms with Crippen molar-refractivity contribution >= 4 is 17.6 Å². The summed E-state index contributed by atoms with van der Waals surface area (Å²) in [5, 5.41) is 22.1. The van der Waals surface area contributed by atoms with Gasteiger partial charge in [0.05, 0.1) is 11.4 Å². The maximum atomic E-state index is 11.7. The second-order valence-electron chi connectivity index (χ2n) is 12.1. The van der Waals surface area contributed by atoms with Crippen LogP contribution in [0.2, 0.25) is 0 Å². The van der Waals surface area contributed by atoms with Crippen LogP contribution >= 0.6 is 0 Å². The summed E-state index contributed by atoms with van der Waals surface area (Å²) >= 11 is 0. The van der Waals surface area contributed by atoms with Crippen LogP contribution in [0.15, 0.2) is 59.6 Å². The van der Waals surface area contributed by atoms with E-state index in [1.165, 1.54) is 49.7 Å². The second kappa shape index (κ2) is 9.24. The number of rotatable bonds is 6. The third kappa shape index (κ3) is 4.41. The van der Waals surface area contributed by atoms with E-state index in [4.69, 9.17) is 4.99 Å². The number of aryl methyl sites for hydroxylation is 2. The zero-order valence-electron chi connectivity index (χ0n) is 22.2. The first-order chi connectivity index (χ1) is 17.8. The zero-order valence-corrected chi connectivity index (χ0v) is 22.2. The molecule has 3 aromatic rings. The first kappa shape index (κ1) is 24.1. The average Bonchev–Trinajstić information content (AvgIpc) is 2.86. The van der Waals surface area contributed by atoms with E-state index < -0.39 is 0 Å². The van der Waals surface area contributed by atoms with Gasteiger partial charge >= 0.3 is 0 Å². The van der Waals surface area contributed by atoms with E-state index in [2.05, 4.69) is 37.1 Å². The van der Waals surface area contributed by atoms with Gasteiger partial charge in [-0.25, -0.2) is 0 Å². The predicted octanol–water partition coefficient (Wildman–Crippen LogP) is 7.57. The molecule has 4 saturated carbocycles. The van der Waals surface area contributed by atoms with Crippen LogP contribution in [0.1, 0.15) is 66.3 Å². The molecule has 0 saturated heterocycles. The molecule has 4 fully saturated rings. The summed E-state index contributed by atoms with van der Waals surface area (Å²) < 4.78 is 0. The molecule has 0 aliphatic heterocycles. The molecule has 0 aromatic heterocycles. The van der Waals surface area contributed by atoms with Crippen LogP contribution in [-0.2, 0) is 12.0 Å². The fraction of sp³-hybridized carbons (Fsp3) is 0.424. The summed E-state index contributed by atoms with van der Waals surface area (Å²) in [5.74, 6) is 3.30. The Kier molecular flexibility index (Phi) is 6.01. The summed E-state index contributed by atoms with van der Waals surface area (Å²) in [6, 6.07) is 18.2. The van der Waals surface area contributed by atoms with Crippen molar-refractivity contribution in [1.29, 1.82) is 0 Å². The average molecular weight is 495 g/mol. The van der Waals surface area contributed by atoms with Crippen LogP contribution in [0.4, 0.5) is 11.4 Å². The standard InChI is InChI=1S/C33H38N2O2/c1-21-11-27(32(37)28(12-21)33-16-23-13-24(17-33)15-25(14-23)18-33)20-35(3)30-10-5-4-9-29(30)34-19-26-8-6-7-22(2)31(26)36/h4-12,19,23-25,36-37H,13-18,20H2,1-3H3. The number of anilines is 1. The van der Waals surface area contributed by atoms with Gasteiger partial charge in [0.15, 0.2) is 0 Å². The van der Waals surface area contributed by atoms with Gasteiger partial charge in [0.2, 0.25) is 0 Å². The molecule has 4 nitrogen and oxygen atoms in total. The van der Waals surface area contributed by atoms with Crippen molar-refractivity contribution < 1.29 is 10.2 Å². The smallest absolute Gasteiger partial charge is 0.127 e. The molecule has 4 heteroatoms. The van der Waals surface area contributed by atoms with Crippen molar-refractivity contribution in [2.45, 2.75) is 64.3 Å². The summed E-state index contributed by atoms with van der Waals surface area (Å²) in [6.07, 6.45) is 9.67. The number of hydrogen-bond donors (Lipinski definition) is 2. The van der Waals surface area contributed by atoms with Gasteiger partial charge in [-0.15, -0.1) is 0 Å². The molecule has 7 rings (SSSR count). The Morgan fingerprint density at radius 2 is 1.57 bits per heavy atom. The van der Waals surface area contributed by atoms with Crippen LogP contribution in [0, 0.1) is 31.6 Å². The minimum absolute atomic E-state index is 0.163. The second-order valence-corrected chi connectivity index (χ2v) is 12.1. The lowest BCUT2D eigenvalue weighted by molar-refractivity contribution is -0.00621. The van der Waals surface area contributed by atoms with E-state index in [0.717, 1.165) is 40.3 Å². The van der Waals surface area contributed by atoms with Gasteiger partial charge in [0.1, 0.15) is 11.5 Å². The minimum atomic E-state index is 0.163. The topological polar surface area (TPSA) is 56.1 Å². The molecule has 4 aliphatic carbocycles. The fourth-order valence-electron chi connectivity index (χ4n) is 7.98. The quantitative estimate of drug-likeness (QED) is 0.348. The highest BCUT2D eigenvalue weighted by Gasteiger charge is 2.52. The molecule has 192 valence electrons. The molecule has 0 heterocycles. The number of aromatic hydroxyl groups is 2. The van der Waals surface area contributed by atoms with Crippen molar-refractivity contribution in [1.82, 2.24) is 0 Å². The molecule has 0 amide bonds. The van der Waals surface area contributed by atoms with Crippen LogP contribution in [0.25, 0.3) is 0 Å². The molecule has 0 radical (unpaired) electrons. The van der Waals surface area contributed by atoms with Crippen LogP contribution in [0.5, 0.6) is 11.5 Å². The van der Waals surface area contributed by atoms with E-state index in [9.17, 15) is 10.2 Å². The highest BCUT2D eigenvalue weighted by molar-refractivity contribution is 5.87. The highest BCUT2D eigenvalue weighted by Crippen LogP contribution is 2.62. The number of aliphatic imine (C=N–C) groups is 1. The third-order valence-electron chi connectivity index (χ3n) is 9.25. The maximum Gasteiger partial charge on any atom is 0.127 e. The summed E-state index contributed by atoms with van der Waals surface area (Å²) in [5.41, 5.74) is 6.94. The number of nitrogens with zero attached hydrogens (tertiary/aromatic N) is 2. The number of hydrogen-bond acceptors (Lipinski definition) is 4. The van der Waals surface area contributed by atoms with Gasteiger partial charge in [-0.3, -0.25) is 4.99 Å². The largest absolute Gasteiger partial charge is 0.507 e. The molecule has 2 N–H and O–H groups in total. The van der Waals surface area contributed by atoms with Crippen molar-refractivity contribution in [3.05, 3.63) is 82.4 Å². The van der Waals surface area contributed by atoms with Crippen molar-refractivity contribution in [2.75, 3.05) is 11.9 Å². The Labute approximate surface area is 220 Å². The first-order valence-electron chi connectivity index (χ1n) is 13.8. The molecule has 0 atom stereocenters. The van der Waals surface area contributed by atoms with E-state index >= 15 is 0 Å². The van der Waals surface area contributed by atoms with Gasteiger partial charge < -0.3 is 15.1 Å². The number of benzene rings is 3. The summed E-state index contributed by atoms with van der Waals surface area (Å²) in [7, 11) is 2.06. The zero-order chi connectivity index (χ0) is 25.7. The molecular formula is C33H38N2O2. The Bertz CT molecular complexity index is 1320. The van der Waals surface area contributed by atoms with Crippen LogP contribution in [0.3, 0.4) is 0 Å². The Morgan fingerprint density at radius 1 is 0.892 bits per heavy atom. The molecule has 0 spiro atoms. The van der Waals surface area contributed by atoms with Crippen LogP contribution in [-0.4, -0.2) is 23.5 Å². The molecule has 0 unspecified atom stereocenters. The van der Waals surface area contributed by atoms with Crippen molar-refractivity contribution in [3.8, 4) is 11.5 Å². The highest BCUT2D eigenvalue weighted by atomic mass is 16.3. The molecule has 4 aliphatic rings. The molecule has 37 heavy (non-hydrogen) atoms. The molecule has 4 bridgehead atoms. The number of para-hydroxylation sites is 3. The SMILES string of the molecule is Cc1cc(CN(C)c2ccccc2N=Cc2cccc(C)c2O)c(O)c(C23CC4CC(CC(C4)C2)C3)c1. The minimum Gasteiger partial charge on any atom is -0.507 e. The van der Waals surface area contributed by atoms with E-state index in [-0.39, 0.29) is 11.2 Å². The molecule has 3 aromatic carbocycles. The lowest BCUT2D eigenvalue weighted by Gasteiger charge is -2.57. The molecular weight excluding hydrogens is 456 g/mol. The Morgan fingerprint density at radius 3 is 2.27 bits per heavy atom. The van der Waals surface area contributed by atoms with Crippen molar-refractivity contribution in [3.63, 3.8) is 0 Å². The number of phenolic OH excluding ortho intramolecular Hbond substituents is 2. The van der Waals surface area contributed by atoms with Crippen molar-refractivity contribution in [2.24, 2.45) is 22.7 Å². The van der Waals surface area contributed by atoms with E-state index in [1.54, 1.807) is 6.21 Å². The van der Waals surface area contributed by atoms with Gasteiger partial charge in [-0.2, -0.15) is 0 Å². The lowest BCUT2D eigenvalue weighted by Crippen LogP contribution is -2.48. The first-order valence-corrected chi connectivity index (χ1v) is 13.8. The normalized spacial score (nSPS) is 26.2. The van der Waals surface area contributed by atoms with E-state index in [1.807, 2.05) is 43.3 Å². The lowest BCUT2D eigenvalue weighted by atomic mass is 9.48.